The number of nitrogens with zero attached hydrogens (tertiary/aromatic N) is 1. The third-order valence-corrected chi connectivity index (χ3v) is 4.92. The van der Waals surface area contributed by atoms with Crippen LogP contribution < -0.4 is 9.47 Å². The highest BCUT2D eigenvalue weighted by molar-refractivity contribution is 5.94. The van der Waals surface area contributed by atoms with Gasteiger partial charge in [0.05, 0.1) is 5.56 Å². The summed E-state index contributed by atoms with van der Waals surface area (Å²) in [6.45, 7) is 11.3. The summed E-state index contributed by atoms with van der Waals surface area (Å²) in [4.78, 5) is 25.6. The van der Waals surface area contributed by atoms with Gasteiger partial charge in [0.15, 0.2) is 11.5 Å². The van der Waals surface area contributed by atoms with E-state index in [0.717, 1.165) is 5.56 Å². The Labute approximate surface area is 165 Å². The van der Waals surface area contributed by atoms with E-state index >= 15 is 0 Å². The molecule has 1 fully saturated rings. The average molecular weight is 391 g/mol. The van der Waals surface area contributed by atoms with Crippen molar-refractivity contribution >= 4 is 12.1 Å². The van der Waals surface area contributed by atoms with Crippen LogP contribution in [0.25, 0.3) is 0 Å². The van der Waals surface area contributed by atoms with Crippen molar-refractivity contribution < 1.29 is 28.5 Å². The van der Waals surface area contributed by atoms with Crippen LogP contribution in [-0.2, 0) is 16.1 Å². The number of ether oxygens (including phenoxy) is 4. The molecule has 0 aromatic heterocycles. The normalized spacial score (nSPS) is 19.3. The molecule has 7 heteroatoms. The molecule has 0 bridgehead atoms. The van der Waals surface area contributed by atoms with Crippen molar-refractivity contribution in [2.75, 3.05) is 19.7 Å². The SMILES string of the molecule is CC.CC(C)(C)OC(=O)N1CCC2(CC1)COc1c(ccc3c1COC3=O)O2. The van der Waals surface area contributed by atoms with Crippen LogP contribution in [0.15, 0.2) is 12.1 Å². The first kappa shape index (κ1) is 20.3. The van der Waals surface area contributed by atoms with E-state index < -0.39 is 11.2 Å². The second-order valence-corrected chi connectivity index (χ2v) is 8.04. The number of esters is 1. The second kappa shape index (κ2) is 7.53. The molecule has 154 valence electrons. The monoisotopic (exact) mass is 391 g/mol. The van der Waals surface area contributed by atoms with Gasteiger partial charge >= 0.3 is 12.1 Å². The van der Waals surface area contributed by atoms with Gasteiger partial charge in [0.2, 0.25) is 0 Å². The van der Waals surface area contributed by atoms with Gasteiger partial charge in [-0.25, -0.2) is 9.59 Å². The van der Waals surface area contributed by atoms with E-state index in [1.54, 1.807) is 17.0 Å². The van der Waals surface area contributed by atoms with E-state index in [2.05, 4.69) is 0 Å². The lowest BCUT2D eigenvalue weighted by Crippen LogP contribution is -2.54. The molecule has 0 saturated carbocycles. The maximum Gasteiger partial charge on any atom is 0.410 e. The number of carbonyl (C=O) groups excluding carboxylic acids is 2. The van der Waals surface area contributed by atoms with Crippen molar-refractivity contribution in [2.45, 2.75) is 65.3 Å². The largest absolute Gasteiger partial charge is 0.485 e. The van der Waals surface area contributed by atoms with Crippen molar-refractivity contribution in [3.8, 4) is 11.5 Å². The summed E-state index contributed by atoms with van der Waals surface area (Å²) >= 11 is 0. The van der Waals surface area contributed by atoms with E-state index in [1.807, 2.05) is 34.6 Å². The molecular formula is C21H29NO6. The van der Waals surface area contributed by atoms with Crippen molar-refractivity contribution in [1.29, 1.82) is 0 Å². The van der Waals surface area contributed by atoms with Crippen LogP contribution in [0.5, 0.6) is 11.5 Å². The number of hydrogen-bond acceptors (Lipinski definition) is 6. The molecule has 0 unspecified atom stereocenters. The number of rotatable bonds is 0. The first-order valence-corrected chi connectivity index (χ1v) is 9.89. The van der Waals surface area contributed by atoms with Gasteiger partial charge in [-0.05, 0) is 32.9 Å². The highest BCUT2D eigenvalue weighted by Gasteiger charge is 2.44. The summed E-state index contributed by atoms with van der Waals surface area (Å²) in [6, 6.07) is 3.49. The molecule has 1 spiro atoms. The maximum absolute atomic E-state index is 12.2. The van der Waals surface area contributed by atoms with Crippen LogP contribution in [0.4, 0.5) is 4.79 Å². The number of cyclic esters (lactones) is 1. The molecule has 7 nitrogen and oxygen atoms in total. The maximum atomic E-state index is 12.2. The molecule has 0 aliphatic carbocycles. The summed E-state index contributed by atoms with van der Waals surface area (Å²) < 4.78 is 22.8. The van der Waals surface area contributed by atoms with Crippen molar-refractivity contribution in [3.63, 3.8) is 0 Å². The predicted molar refractivity (Wildman–Crippen MR) is 103 cm³/mol. The van der Waals surface area contributed by atoms with Crippen molar-refractivity contribution in [2.24, 2.45) is 0 Å². The van der Waals surface area contributed by atoms with Crippen molar-refractivity contribution in [1.82, 2.24) is 4.90 Å². The minimum absolute atomic E-state index is 0.222. The molecule has 3 heterocycles. The fourth-order valence-corrected chi connectivity index (χ4v) is 3.53. The Hall–Kier alpha value is -2.44. The number of hydrogen-bond donors (Lipinski definition) is 0. The summed E-state index contributed by atoms with van der Waals surface area (Å²) in [5.41, 5.74) is 0.343. The molecule has 0 N–H and O–H groups in total. The fraction of sp³-hybridized carbons (Fsp3) is 0.619. The molecule has 0 radical (unpaired) electrons. The van der Waals surface area contributed by atoms with E-state index in [9.17, 15) is 9.59 Å². The number of piperidine rings is 1. The van der Waals surface area contributed by atoms with Crippen LogP contribution in [0.3, 0.4) is 0 Å². The summed E-state index contributed by atoms with van der Waals surface area (Å²) in [5, 5.41) is 0. The molecule has 1 amide bonds. The molecule has 3 aliphatic rings. The van der Waals surface area contributed by atoms with Gasteiger partial charge in [0.1, 0.15) is 24.4 Å². The fourth-order valence-electron chi connectivity index (χ4n) is 3.53. The quantitative estimate of drug-likeness (QED) is 0.624. The molecule has 1 aromatic carbocycles. The molecule has 0 atom stereocenters. The molecular weight excluding hydrogens is 362 g/mol. The number of carbonyl (C=O) groups is 2. The van der Waals surface area contributed by atoms with E-state index in [0.29, 0.717) is 49.6 Å². The smallest absolute Gasteiger partial charge is 0.410 e. The van der Waals surface area contributed by atoms with Crippen molar-refractivity contribution in [3.05, 3.63) is 23.3 Å². The van der Waals surface area contributed by atoms with Crippen LogP contribution in [0.1, 0.15) is 63.4 Å². The number of likely N-dealkylation sites (tertiary alicyclic amines) is 1. The predicted octanol–water partition coefficient (Wildman–Crippen LogP) is 3.92. The van der Waals surface area contributed by atoms with Gasteiger partial charge in [0, 0.05) is 31.5 Å². The Balaban J connectivity index is 0.00000109. The lowest BCUT2D eigenvalue weighted by Gasteiger charge is -2.44. The molecule has 1 saturated heterocycles. The number of amides is 1. The van der Waals surface area contributed by atoms with E-state index in [4.69, 9.17) is 18.9 Å². The number of benzene rings is 1. The zero-order chi connectivity index (χ0) is 20.5. The van der Waals surface area contributed by atoms with Gasteiger partial charge in [-0.2, -0.15) is 0 Å². The van der Waals surface area contributed by atoms with Crippen LogP contribution in [0, 0.1) is 0 Å². The van der Waals surface area contributed by atoms with Gasteiger partial charge in [-0.3, -0.25) is 0 Å². The first-order valence-electron chi connectivity index (χ1n) is 9.89. The Morgan fingerprint density at radius 1 is 1.14 bits per heavy atom. The third kappa shape index (κ3) is 3.88. The second-order valence-electron chi connectivity index (χ2n) is 8.04. The molecule has 28 heavy (non-hydrogen) atoms. The van der Waals surface area contributed by atoms with Crippen LogP contribution in [-0.4, -0.2) is 47.9 Å². The first-order chi connectivity index (χ1) is 13.3. The van der Waals surface area contributed by atoms with E-state index in [-0.39, 0.29) is 18.7 Å². The summed E-state index contributed by atoms with van der Waals surface area (Å²) in [6.07, 6.45) is 1.04. The van der Waals surface area contributed by atoms with Crippen LogP contribution in [0.2, 0.25) is 0 Å². The third-order valence-electron chi connectivity index (χ3n) is 4.92. The highest BCUT2D eigenvalue weighted by atomic mass is 16.6. The highest BCUT2D eigenvalue weighted by Crippen LogP contribution is 2.44. The van der Waals surface area contributed by atoms with E-state index in [1.165, 1.54) is 0 Å². The molecule has 1 aromatic rings. The molecule has 4 rings (SSSR count). The van der Waals surface area contributed by atoms with Crippen LogP contribution >= 0.6 is 0 Å². The van der Waals surface area contributed by atoms with Gasteiger partial charge in [-0.15, -0.1) is 0 Å². The van der Waals surface area contributed by atoms with Gasteiger partial charge in [-0.1, -0.05) is 13.8 Å². The minimum atomic E-state index is -0.504. The Bertz CT molecular complexity index is 759. The standard InChI is InChI=1S/C19H23NO6.C2H6/c1-18(2,3)26-17(22)20-8-6-19(7-9-20)11-24-15-13-10-23-16(21)12(13)4-5-14(15)25-19;1-2/h4-5H,6-11H2,1-3H3;1-2H3. The molecule has 3 aliphatic heterocycles. The lowest BCUT2D eigenvalue weighted by atomic mass is 9.91. The summed E-state index contributed by atoms with van der Waals surface area (Å²) in [7, 11) is 0. The topological polar surface area (TPSA) is 74.3 Å². The van der Waals surface area contributed by atoms with Gasteiger partial charge in [0.25, 0.3) is 0 Å². The Kier molecular flexibility index (Phi) is 5.46. The summed E-state index contributed by atoms with van der Waals surface area (Å²) in [5.74, 6) is 0.921. The Morgan fingerprint density at radius 3 is 2.46 bits per heavy atom. The lowest BCUT2D eigenvalue weighted by molar-refractivity contribution is -0.0564. The zero-order valence-corrected chi connectivity index (χ0v) is 17.3. The zero-order valence-electron chi connectivity index (χ0n) is 17.3. The van der Waals surface area contributed by atoms with Gasteiger partial charge < -0.3 is 23.8 Å². The average Bonchev–Trinajstić information content (AvgIpc) is 3.03. The number of fused-ring (bicyclic) bond motifs is 3. The minimum Gasteiger partial charge on any atom is -0.485 e. The Morgan fingerprint density at radius 2 is 1.82 bits per heavy atom.